The molecule has 1 heterocycles. The van der Waals surface area contributed by atoms with Crippen molar-refractivity contribution in [2.45, 2.75) is 5.22 Å². The zero-order chi connectivity index (χ0) is 11.5. The predicted molar refractivity (Wildman–Crippen MR) is 66.9 cm³/mol. The van der Waals surface area contributed by atoms with Gasteiger partial charge in [-0.15, -0.1) is 10.2 Å². The summed E-state index contributed by atoms with van der Waals surface area (Å²) < 4.78 is 5.05. The van der Waals surface area contributed by atoms with Crippen molar-refractivity contribution in [1.29, 1.82) is 0 Å². The third kappa shape index (κ3) is 2.78. The molecule has 6 heteroatoms. The molecule has 16 heavy (non-hydrogen) atoms. The lowest BCUT2D eigenvalue weighted by Gasteiger charge is -1.97. The highest BCUT2D eigenvalue weighted by molar-refractivity contribution is 7.80. The van der Waals surface area contributed by atoms with Crippen LogP contribution in [0.5, 0.6) is 0 Å². The second kappa shape index (κ2) is 4.91. The van der Waals surface area contributed by atoms with Crippen LogP contribution in [0, 0.1) is 0 Å². The van der Waals surface area contributed by atoms with Crippen LogP contribution in [-0.2, 0) is 0 Å². The van der Waals surface area contributed by atoms with E-state index in [0.29, 0.717) is 15.9 Å². The Morgan fingerprint density at radius 2 is 2.00 bits per heavy atom. The van der Waals surface area contributed by atoms with Crippen molar-refractivity contribution in [3.8, 4) is 0 Å². The molecule has 2 aromatic rings. The van der Waals surface area contributed by atoms with E-state index in [1.165, 1.54) is 0 Å². The first-order valence-electron chi connectivity index (χ1n) is 4.31. The number of thiol groups is 1. The van der Waals surface area contributed by atoms with Crippen LogP contribution in [0.15, 0.2) is 27.8 Å². The Balaban J connectivity index is 2.23. The maximum atomic E-state index is 5.98. The smallest absolute Gasteiger partial charge is 0.273 e. The highest BCUT2D eigenvalue weighted by Crippen LogP contribution is 2.22. The third-order valence-electron chi connectivity index (χ3n) is 1.80. The highest BCUT2D eigenvalue weighted by Gasteiger charge is 2.00. The zero-order valence-electron chi connectivity index (χ0n) is 7.89. The van der Waals surface area contributed by atoms with Gasteiger partial charge < -0.3 is 4.42 Å². The number of halogens is 2. The maximum Gasteiger partial charge on any atom is 0.273 e. The molecule has 0 amide bonds. The Kier molecular flexibility index (Phi) is 3.53. The predicted octanol–water partition coefficient (Wildman–Crippen LogP) is 3.84. The molecule has 0 aliphatic carbocycles. The first-order valence-corrected chi connectivity index (χ1v) is 5.51. The van der Waals surface area contributed by atoms with E-state index in [-0.39, 0.29) is 5.22 Å². The normalized spacial score (nSPS) is 11.2. The fourth-order valence-electron chi connectivity index (χ4n) is 1.09. The quantitative estimate of drug-likeness (QED) is 0.845. The molecule has 1 aromatic carbocycles. The van der Waals surface area contributed by atoms with E-state index < -0.39 is 0 Å². The Hall–Kier alpha value is -0.970. The van der Waals surface area contributed by atoms with E-state index in [0.717, 1.165) is 5.56 Å². The SMILES string of the molecule is Sc1nnc(/C=C/c2ccc(Cl)cc2Cl)o1. The van der Waals surface area contributed by atoms with Crippen LogP contribution >= 0.6 is 35.8 Å². The largest absolute Gasteiger partial charge is 0.412 e. The molecule has 1 aromatic heterocycles. The second-order valence-corrected chi connectivity index (χ2v) is 4.15. The summed E-state index contributed by atoms with van der Waals surface area (Å²) >= 11 is 15.7. The summed E-state index contributed by atoms with van der Waals surface area (Å²) in [5.74, 6) is 0.371. The molecule has 0 saturated carbocycles. The molecule has 0 saturated heterocycles. The summed E-state index contributed by atoms with van der Waals surface area (Å²) in [6, 6.07) is 5.23. The van der Waals surface area contributed by atoms with Gasteiger partial charge in [0.25, 0.3) is 5.22 Å². The standard InChI is InChI=1S/C10H6Cl2N2OS/c11-7-3-1-6(8(12)5-7)2-4-9-13-14-10(16)15-9/h1-5H,(H,14,16)/b4-2+. The minimum Gasteiger partial charge on any atom is -0.412 e. The number of aromatic nitrogens is 2. The van der Waals surface area contributed by atoms with Crippen molar-refractivity contribution in [2.75, 3.05) is 0 Å². The van der Waals surface area contributed by atoms with E-state index in [9.17, 15) is 0 Å². The van der Waals surface area contributed by atoms with Crippen LogP contribution in [0.2, 0.25) is 10.0 Å². The lowest BCUT2D eigenvalue weighted by molar-refractivity contribution is 0.448. The summed E-state index contributed by atoms with van der Waals surface area (Å²) in [5.41, 5.74) is 0.824. The number of nitrogens with zero attached hydrogens (tertiary/aromatic N) is 2. The monoisotopic (exact) mass is 272 g/mol. The molecule has 0 fully saturated rings. The molecule has 0 radical (unpaired) electrons. The average molecular weight is 273 g/mol. The first kappa shape index (κ1) is 11.5. The highest BCUT2D eigenvalue weighted by atomic mass is 35.5. The van der Waals surface area contributed by atoms with Crippen LogP contribution in [0.3, 0.4) is 0 Å². The summed E-state index contributed by atoms with van der Waals surface area (Å²) in [6.07, 6.45) is 3.42. The van der Waals surface area contributed by atoms with Gasteiger partial charge in [0.2, 0.25) is 5.89 Å². The Morgan fingerprint density at radius 1 is 1.19 bits per heavy atom. The molecule has 3 nitrogen and oxygen atoms in total. The third-order valence-corrected chi connectivity index (χ3v) is 2.54. The van der Waals surface area contributed by atoms with Gasteiger partial charge in [0.05, 0.1) is 0 Å². The van der Waals surface area contributed by atoms with Crippen molar-refractivity contribution < 1.29 is 4.42 Å². The molecule has 0 atom stereocenters. The number of hydrogen-bond donors (Lipinski definition) is 1. The molecule has 0 bridgehead atoms. The zero-order valence-corrected chi connectivity index (χ0v) is 10.3. The number of benzene rings is 1. The molecule has 0 aliphatic rings. The van der Waals surface area contributed by atoms with Gasteiger partial charge in [0, 0.05) is 16.1 Å². The lowest BCUT2D eigenvalue weighted by atomic mass is 10.2. The molecule has 0 unspecified atom stereocenters. The second-order valence-electron chi connectivity index (χ2n) is 2.92. The lowest BCUT2D eigenvalue weighted by Crippen LogP contribution is -1.76. The molecule has 0 spiro atoms. The van der Waals surface area contributed by atoms with Gasteiger partial charge >= 0.3 is 0 Å². The van der Waals surface area contributed by atoms with Crippen LogP contribution in [0.25, 0.3) is 12.2 Å². The van der Waals surface area contributed by atoms with Crippen LogP contribution < -0.4 is 0 Å². The molecule has 0 aliphatic heterocycles. The van der Waals surface area contributed by atoms with E-state index in [4.69, 9.17) is 27.6 Å². The van der Waals surface area contributed by atoms with Gasteiger partial charge in [0.1, 0.15) is 0 Å². The molecule has 82 valence electrons. The minimum absolute atomic E-state index is 0.224. The Bertz CT molecular complexity index is 539. The fraction of sp³-hybridized carbons (Fsp3) is 0. The van der Waals surface area contributed by atoms with Gasteiger partial charge in [0.15, 0.2) is 0 Å². The van der Waals surface area contributed by atoms with Gasteiger partial charge in [-0.1, -0.05) is 41.9 Å². The number of hydrogen-bond acceptors (Lipinski definition) is 4. The van der Waals surface area contributed by atoms with Crippen molar-refractivity contribution in [3.05, 3.63) is 39.7 Å². The molecular formula is C10H6Cl2N2OS. The summed E-state index contributed by atoms with van der Waals surface area (Å²) in [7, 11) is 0. The molecular weight excluding hydrogens is 267 g/mol. The summed E-state index contributed by atoms with van der Waals surface area (Å²) in [5, 5.41) is 8.72. The van der Waals surface area contributed by atoms with Gasteiger partial charge in [-0.2, -0.15) is 0 Å². The van der Waals surface area contributed by atoms with Crippen molar-refractivity contribution >= 4 is 48.0 Å². The van der Waals surface area contributed by atoms with Crippen molar-refractivity contribution in [3.63, 3.8) is 0 Å². The Labute approximate surface area is 107 Å². The van der Waals surface area contributed by atoms with Crippen LogP contribution in [0.4, 0.5) is 0 Å². The van der Waals surface area contributed by atoms with Gasteiger partial charge in [-0.3, -0.25) is 0 Å². The van der Waals surface area contributed by atoms with Gasteiger partial charge in [-0.25, -0.2) is 0 Å². The van der Waals surface area contributed by atoms with Crippen molar-refractivity contribution in [1.82, 2.24) is 10.2 Å². The van der Waals surface area contributed by atoms with E-state index in [1.807, 2.05) is 0 Å². The summed E-state index contributed by atoms with van der Waals surface area (Å²) in [4.78, 5) is 0. The minimum atomic E-state index is 0.224. The Morgan fingerprint density at radius 3 is 2.62 bits per heavy atom. The van der Waals surface area contributed by atoms with Crippen LogP contribution in [-0.4, -0.2) is 10.2 Å². The molecule has 0 N–H and O–H groups in total. The topological polar surface area (TPSA) is 38.9 Å². The van der Waals surface area contributed by atoms with Gasteiger partial charge in [-0.05, 0) is 23.8 Å². The maximum absolute atomic E-state index is 5.98. The molecule has 2 rings (SSSR count). The van der Waals surface area contributed by atoms with E-state index >= 15 is 0 Å². The average Bonchev–Trinajstić information content (AvgIpc) is 2.63. The summed E-state index contributed by atoms with van der Waals surface area (Å²) in [6.45, 7) is 0. The first-order chi connectivity index (χ1) is 7.65. The van der Waals surface area contributed by atoms with Crippen molar-refractivity contribution in [2.24, 2.45) is 0 Å². The van der Waals surface area contributed by atoms with E-state index in [1.54, 1.807) is 30.4 Å². The fourth-order valence-corrected chi connectivity index (χ4v) is 1.70. The van der Waals surface area contributed by atoms with E-state index in [2.05, 4.69) is 22.8 Å². The number of rotatable bonds is 2. The van der Waals surface area contributed by atoms with Crippen LogP contribution in [0.1, 0.15) is 11.5 Å².